The van der Waals surface area contributed by atoms with Crippen molar-refractivity contribution >= 4 is 23.2 Å². The number of rotatable bonds is 11. The standard InChI is InChI=1S/C36H40N6O3S/c1-22(2)28-14-25(17-37)13-26(15-28)18-39-32(27-9-6-5-7-10-27)33(43)24(4)41-34(44)29-16-30(20-38-19-29)36(45)42-12-8-11-31(42)35-40-23(3)21-46-35/h5-7,9-10,13-16,19-22,24,31-33,39,43H,8,11-12,18H2,1-4H3,(H,41,44). The van der Waals surface area contributed by atoms with E-state index >= 15 is 0 Å². The van der Waals surface area contributed by atoms with Crippen molar-refractivity contribution < 1.29 is 14.7 Å². The zero-order chi connectivity index (χ0) is 32.8. The maximum absolute atomic E-state index is 13.5. The van der Waals surface area contributed by atoms with Crippen molar-refractivity contribution in [3.63, 3.8) is 0 Å². The summed E-state index contributed by atoms with van der Waals surface area (Å²) in [4.78, 5) is 37.6. The zero-order valence-electron chi connectivity index (χ0n) is 26.6. The number of hydrogen-bond acceptors (Lipinski definition) is 8. The lowest BCUT2D eigenvalue weighted by atomic mass is 9.95. The lowest BCUT2D eigenvalue weighted by Gasteiger charge is -2.30. The smallest absolute Gasteiger partial charge is 0.256 e. The van der Waals surface area contributed by atoms with Gasteiger partial charge in [-0.3, -0.25) is 14.6 Å². The molecule has 2 aromatic heterocycles. The fourth-order valence-corrected chi connectivity index (χ4v) is 6.79. The van der Waals surface area contributed by atoms with Gasteiger partial charge >= 0.3 is 0 Å². The Hall–Kier alpha value is -4.43. The van der Waals surface area contributed by atoms with Gasteiger partial charge in [0.25, 0.3) is 11.8 Å². The predicted octanol–water partition coefficient (Wildman–Crippen LogP) is 5.83. The van der Waals surface area contributed by atoms with Crippen LogP contribution in [0.3, 0.4) is 0 Å². The molecular formula is C36H40N6O3S. The molecule has 0 aliphatic carbocycles. The number of carbonyl (C=O) groups excluding carboxylic acids is 2. The Morgan fingerprint density at radius 3 is 2.54 bits per heavy atom. The van der Waals surface area contributed by atoms with Gasteiger partial charge in [-0.05, 0) is 67.5 Å². The SMILES string of the molecule is Cc1csc(C2CCCN2C(=O)c2cncc(C(=O)NC(C)C(O)C(NCc3cc(C#N)cc(C(C)C)c3)c3ccccc3)c2)n1. The third-order valence-corrected chi connectivity index (χ3v) is 9.45. The number of aromatic nitrogens is 2. The molecule has 3 N–H and O–H groups in total. The van der Waals surface area contributed by atoms with E-state index in [0.29, 0.717) is 24.2 Å². The number of aliphatic hydroxyl groups excluding tert-OH is 1. The Kier molecular flexibility index (Phi) is 10.6. The molecule has 5 rings (SSSR count). The van der Waals surface area contributed by atoms with Crippen molar-refractivity contribution in [2.24, 2.45) is 0 Å². The molecule has 4 atom stereocenters. The van der Waals surface area contributed by atoms with E-state index in [4.69, 9.17) is 0 Å². The Balaban J connectivity index is 1.29. The Labute approximate surface area is 274 Å². The average Bonchev–Trinajstić information content (AvgIpc) is 3.74. The second kappa shape index (κ2) is 14.8. The Bertz CT molecular complexity index is 1720. The van der Waals surface area contributed by atoms with Gasteiger partial charge in [-0.1, -0.05) is 50.2 Å². The van der Waals surface area contributed by atoms with E-state index < -0.39 is 24.1 Å². The molecule has 9 nitrogen and oxygen atoms in total. The number of amides is 2. The summed E-state index contributed by atoms with van der Waals surface area (Å²) in [6.45, 7) is 8.90. The molecule has 1 fully saturated rings. The molecule has 46 heavy (non-hydrogen) atoms. The van der Waals surface area contributed by atoms with E-state index in [1.54, 1.807) is 24.3 Å². The molecule has 0 saturated carbocycles. The van der Waals surface area contributed by atoms with Crippen molar-refractivity contribution in [1.82, 2.24) is 25.5 Å². The van der Waals surface area contributed by atoms with E-state index in [2.05, 4.69) is 46.6 Å². The lowest BCUT2D eigenvalue weighted by Crippen LogP contribution is -2.47. The molecule has 0 spiro atoms. The first-order valence-corrected chi connectivity index (χ1v) is 16.5. The highest BCUT2D eigenvalue weighted by molar-refractivity contribution is 7.09. The van der Waals surface area contributed by atoms with Gasteiger partial charge in [0.2, 0.25) is 0 Å². The maximum Gasteiger partial charge on any atom is 0.256 e. The van der Waals surface area contributed by atoms with Crippen LogP contribution in [-0.2, 0) is 6.54 Å². The van der Waals surface area contributed by atoms with Crippen LogP contribution in [0.4, 0.5) is 0 Å². The minimum absolute atomic E-state index is 0.0828. The third-order valence-electron chi connectivity index (χ3n) is 8.39. The van der Waals surface area contributed by atoms with Gasteiger partial charge in [0.15, 0.2) is 0 Å². The summed E-state index contributed by atoms with van der Waals surface area (Å²) in [5.74, 6) is -0.350. The molecule has 1 aliphatic heterocycles. The molecular weight excluding hydrogens is 597 g/mol. The minimum atomic E-state index is -1.00. The largest absolute Gasteiger partial charge is 0.389 e. The highest BCUT2D eigenvalue weighted by Crippen LogP contribution is 2.34. The molecule has 2 amide bonds. The molecule has 4 aromatic rings. The van der Waals surface area contributed by atoms with Gasteiger partial charge in [0.1, 0.15) is 5.01 Å². The van der Waals surface area contributed by atoms with Gasteiger partial charge in [0, 0.05) is 36.6 Å². The van der Waals surface area contributed by atoms with Crippen molar-refractivity contribution in [2.45, 2.75) is 77.2 Å². The molecule has 2 aromatic carbocycles. The minimum Gasteiger partial charge on any atom is -0.389 e. The number of aliphatic hydroxyl groups is 1. The summed E-state index contributed by atoms with van der Waals surface area (Å²) in [5, 5.41) is 30.4. The number of hydrogen-bond donors (Lipinski definition) is 3. The maximum atomic E-state index is 13.5. The molecule has 10 heteroatoms. The van der Waals surface area contributed by atoms with Crippen LogP contribution in [-0.4, -0.2) is 50.5 Å². The zero-order valence-corrected chi connectivity index (χ0v) is 27.4. The quantitative estimate of drug-likeness (QED) is 0.189. The number of pyridine rings is 1. The monoisotopic (exact) mass is 636 g/mol. The van der Waals surface area contributed by atoms with E-state index in [9.17, 15) is 20.0 Å². The molecule has 1 aliphatic rings. The second-order valence-electron chi connectivity index (χ2n) is 12.2. The van der Waals surface area contributed by atoms with Gasteiger partial charge in [-0.2, -0.15) is 5.26 Å². The van der Waals surface area contributed by atoms with Crippen molar-refractivity contribution in [3.05, 3.63) is 116 Å². The number of carbonyl (C=O) groups is 2. The van der Waals surface area contributed by atoms with Crippen LogP contribution in [0.1, 0.15) is 105 Å². The first kappa shape index (κ1) is 32.9. The second-order valence-corrected chi connectivity index (χ2v) is 13.1. The highest BCUT2D eigenvalue weighted by atomic mass is 32.1. The van der Waals surface area contributed by atoms with Gasteiger partial charge in [0.05, 0.1) is 47.0 Å². The van der Waals surface area contributed by atoms with Crippen molar-refractivity contribution in [3.8, 4) is 6.07 Å². The van der Waals surface area contributed by atoms with E-state index in [1.165, 1.54) is 12.4 Å². The molecule has 4 unspecified atom stereocenters. The summed E-state index contributed by atoms with van der Waals surface area (Å²) >= 11 is 1.56. The Morgan fingerprint density at radius 2 is 1.85 bits per heavy atom. The number of aryl methyl sites for hydroxylation is 1. The van der Waals surface area contributed by atoms with Gasteiger partial charge in [-0.15, -0.1) is 11.3 Å². The van der Waals surface area contributed by atoms with Crippen LogP contribution >= 0.6 is 11.3 Å². The molecule has 1 saturated heterocycles. The molecule has 0 bridgehead atoms. The summed E-state index contributed by atoms with van der Waals surface area (Å²) in [6.07, 6.45) is 3.65. The van der Waals surface area contributed by atoms with E-state index in [0.717, 1.165) is 40.2 Å². The number of benzene rings is 2. The van der Waals surface area contributed by atoms with Crippen LogP contribution in [0.5, 0.6) is 0 Å². The summed E-state index contributed by atoms with van der Waals surface area (Å²) < 4.78 is 0. The van der Waals surface area contributed by atoms with Gasteiger partial charge in [-0.25, -0.2) is 4.98 Å². The molecule has 3 heterocycles. The first-order chi connectivity index (χ1) is 22.1. The van der Waals surface area contributed by atoms with Crippen LogP contribution in [0.25, 0.3) is 0 Å². The number of likely N-dealkylation sites (tertiary alicyclic amines) is 1. The first-order valence-electron chi connectivity index (χ1n) is 15.6. The number of thiazole rings is 1. The molecule has 238 valence electrons. The fourth-order valence-electron chi connectivity index (χ4n) is 5.85. The number of nitriles is 1. The fraction of sp³-hybridized carbons (Fsp3) is 0.361. The van der Waals surface area contributed by atoms with Crippen LogP contribution in [0.2, 0.25) is 0 Å². The third kappa shape index (κ3) is 7.68. The number of nitrogens with zero attached hydrogens (tertiary/aromatic N) is 4. The van der Waals surface area contributed by atoms with Crippen LogP contribution < -0.4 is 10.6 Å². The number of nitrogens with one attached hydrogen (secondary N) is 2. The van der Waals surface area contributed by atoms with Crippen molar-refractivity contribution in [1.29, 1.82) is 5.26 Å². The van der Waals surface area contributed by atoms with E-state index in [1.807, 2.05) is 59.7 Å². The average molecular weight is 637 g/mol. The van der Waals surface area contributed by atoms with Gasteiger partial charge < -0.3 is 20.6 Å². The van der Waals surface area contributed by atoms with E-state index in [-0.39, 0.29) is 23.4 Å². The highest BCUT2D eigenvalue weighted by Gasteiger charge is 2.33. The van der Waals surface area contributed by atoms with Crippen LogP contribution in [0.15, 0.2) is 72.4 Å². The summed E-state index contributed by atoms with van der Waals surface area (Å²) in [5.41, 5.74) is 4.98. The normalized spacial score (nSPS) is 16.5. The summed E-state index contributed by atoms with van der Waals surface area (Å²) in [7, 11) is 0. The molecule has 0 radical (unpaired) electrons. The lowest BCUT2D eigenvalue weighted by molar-refractivity contribution is 0.0732. The van der Waals surface area contributed by atoms with Crippen molar-refractivity contribution in [2.75, 3.05) is 6.54 Å². The topological polar surface area (TPSA) is 131 Å². The predicted molar refractivity (Wildman–Crippen MR) is 178 cm³/mol. The Morgan fingerprint density at radius 1 is 1.09 bits per heavy atom. The van der Waals surface area contributed by atoms with Crippen LogP contribution in [0, 0.1) is 18.3 Å². The summed E-state index contributed by atoms with van der Waals surface area (Å²) in [6, 6.07) is 17.9.